The third-order valence-corrected chi connectivity index (χ3v) is 6.55. The lowest BCUT2D eigenvalue weighted by Gasteiger charge is -2.13. The van der Waals surface area contributed by atoms with Crippen LogP contribution < -0.4 is 26.6 Å². The van der Waals surface area contributed by atoms with Gasteiger partial charge in [-0.2, -0.15) is 0 Å². The third-order valence-electron chi connectivity index (χ3n) is 5.19. The monoisotopic (exact) mass is 534 g/mol. The summed E-state index contributed by atoms with van der Waals surface area (Å²) in [6, 6.07) is 9.19. The normalized spacial score (nSPS) is 11.6. The first-order valence-corrected chi connectivity index (χ1v) is 13.3. The molecule has 0 fully saturated rings. The Morgan fingerprint density at radius 3 is 2.57 bits per heavy atom. The highest BCUT2D eigenvalue weighted by atomic mass is 32.2. The van der Waals surface area contributed by atoms with Crippen LogP contribution in [0.15, 0.2) is 51.2 Å². The topological polar surface area (TPSA) is 174 Å². The van der Waals surface area contributed by atoms with Gasteiger partial charge in [0.25, 0.3) is 15.6 Å². The van der Waals surface area contributed by atoms with Gasteiger partial charge in [0.2, 0.25) is 17.8 Å². The smallest absolute Gasteiger partial charge is 0.275 e. The second-order valence-corrected chi connectivity index (χ2v) is 10.0. The number of rotatable bonds is 13. The highest BCUT2D eigenvalue weighted by molar-refractivity contribution is 7.92. The van der Waals surface area contributed by atoms with Crippen molar-refractivity contribution in [3.8, 4) is 0 Å². The molecule has 202 valence electrons. The Morgan fingerprint density at radius 2 is 1.86 bits per heavy atom. The maximum Gasteiger partial charge on any atom is 0.275 e. The number of benzene rings is 1. The number of unbranched alkanes of at least 4 members (excludes halogenated alkanes) is 2. The van der Waals surface area contributed by atoms with Gasteiger partial charge in [-0.25, -0.2) is 8.42 Å². The molecule has 0 aliphatic carbocycles. The first-order valence-electron chi connectivity index (χ1n) is 11.9. The lowest BCUT2D eigenvalue weighted by molar-refractivity contribution is -0.122. The molecule has 0 bridgehead atoms. The van der Waals surface area contributed by atoms with Crippen LogP contribution in [0.2, 0.25) is 0 Å². The van der Waals surface area contributed by atoms with Crippen molar-refractivity contribution in [3.63, 3.8) is 0 Å². The first kappa shape index (κ1) is 29.4. The molecule has 2 amide bonds. The van der Waals surface area contributed by atoms with Crippen LogP contribution in [0.3, 0.4) is 0 Å². The molecule has 0 atom stereocenters. The summed E-state index contributed by atoms with van der Waals surface area (Å²) in [6.45, 7) is 5.13. The zero-order valence-corrected chi connectivity index (χ0v) is 22.1. The SMILES string of the molecule is CCCCCC(=O)N/C(N)=N/OCCNC(=O)Cn1c(C)ccc(NS(=O)(=O)c2cccc(C)c2)c1=O. The van der Waals surface area contributed by atoms with Crippen molar-refractivity contribution in [3.05, 3.63) is 58.0 Å². The van der Waals surface area contributed by atoms with Crippen LogP contribution in [0.4, 0.5) is 5.69 Å². The lowest BCUT2D eigenvalue weighted by atomic mass is 10.2. The number of anilines is 1. The molecular weight excluding hydrogens is 500 g/mol. The van der Waals surface area contributed by atoms with E-state index in [1.807, 2.05) is 6.92 Å². The van der Waals surface area contributed by atoms with Crippen LogP contribution in [-0.2, 0) is 31.0 Å². The Hall–Kier alpha value is -3.87. The average molecular weight is 535 g/mol. The van der Waals surface area contributed by atoms with E-state index in [0.717, 1.165) is 29.4 Å². The van der Waals surface area contributed by atoms with Gasteiger partial charge in [-0.05, 0) is 55.3 Å². The Labute approximate surface area is 216 Å². The highest BCUT2D eigenvalue weighted by Gasteiger charge is 2.18. The summed E-state index contributed by atoms with van der Waals surface area (Å²) in [5.74, 6) is -0.926. The van der Waals surface area contributed by atoms with Gasteiger partial charge in [-0.15, -0.1) is 0 Å². The number of amides is 2. The van der Waals surface area contributed by atoms with E-state index in [2.05, 4.69) is 20.5 Å². The number of nitrogens with two attached hydrogens (primary N) is 1. The number of aromatic nitrogens is 1. The van der Waals surface area contributed by atoms with Crippen molar-refractivity contribution in [2.75, 3.05) is 17.9 Å². The minimum Gasteiger partial charge on any atom is -0.391 e. The van der Waals surface area contributed by atoms with Gasteiger partial charge < -0.3 is 20.5 Å². The Kier molecular flexibility index (Phi) is 11.1. The average Bonchev–Trinajstić information content (AvgIpc) is 2.83. The maximum absolute atomic E-state index is 12.9. The second-order valence-electron chi connectivity index (χ2n) is 8.37. The number of sulfonamides is 1. The summed E-state index contributed by atoms with van der Waals surface area (Å²) in [7, 11) is -3.99. The summed E-state index contributed by atoms with van der Waals surface area (Å²) in [6.07, 6.45) is 3.04. The summed E-state index contributed by atoms with van der Waals surface area (Å²) < 4.78 is 28.9. The molecule has 0 saturated heterocycles. The molecule has 1 heterocycles. The lowest BCUT2D eigenvalue weighted by Crippen LogP contribution is -2.37. The second kappa shape index (κ2) is 14.0. The van der Waals surface area contributed by atoms with Crippen molar-refractivity contribution >= 4 is 33.5 Å². The number of pyridine rings is 1. The number of nitrogens with zero attached hydrogens (tertiary/aromatic N) is 2. The van der Waals surface area contributed by atoms with Crippen LogP contribution >= 0.6 is 0 Å². The van der Waals surface area contributed by atoms with E-state index in [9.17, 15) is 22.8 Å². The van der Waals surface area contributed by atoms with Crippen molar-refractivity contribution < 1.29 is 22.8 Å². The Bertz CT molecular complexity index is 1290. The van der Waals surface area contributed by atoms with Gasteiger partial charge >= 0.3 is 0 Å². The number of carbonyl (C=O) groups is 2. The molecule has 5 N–H and O–H groups in total. The van der Waals surface area contributed by atoms with Crippen LogP contribution in [0, 0.1) is 13.8 Å². The molecule has 2 rings (SSSR count). The van der Waals surface area contributed by atoms with Crippen molar-refractivity contribution in [1.29, 1.82) is 0 Å². The largest absolute Gasteiger partial charge is 0.391 e. The van der Waals surface area contributed by atoms with Crippen LogP contribution in [0.1, 0.15) is 43.9 Å². The van der Waals surface area contributed by atoms with Gasteiger partial charge in [-0.1, -0.05) is 31.9 Å². The standard InChI is InChI=1S/C24H34N6O6S/c1-4-5-6-10-21(31)27-24(25)28-36-14-13-26-22(32)16-30-18(3)11-12-20(23(30)33)29-37(34,35)19-9-7-8-17(2)15-19/h7-9,11-12,15,29H,4-6,10,13-14,16H2,1-3H3,(H,26,32)(H3,25,27,28,31). The van der Waals surface area contributed by atoms with Gasteiger partial charge in [0.1, 0.15) is 18.8 Å². The molecule has 0 unspecified atom stereocenters. The molecule has 12 nitrogen and oxygen atoms in total. The number of hydrogen-bond acceptors (Lipinski definition) is 7. The number of guanidine groups is 1. The number of aryl methyl sites for hydroxylation is 2. The van der Waals surface area contributed by atoms with E-state index in [1.165, 1.54) is 18.2 Å². The molecule has 1 aromatic heterocycles. The molecule has 0 saturated carbocycles. The van der Waals surface area contributed by atoms with Gasteiger partial charge in [0, 0.05) is 12.1 Å². The van der Waals surface area contributed by atoms with E-state index < -0.39 is 21.5 Å². The zero-order chi connectivity index (χ0) is 27.4. The van der Waals surface area contributed by atoms with E-state index in [1.54, 1.807) is 32.0 Å². The third kappa shape index (κ3) is 9.60. The first-order chi connectivity index (χ1) is 17.5. The van der Waals surface area contributed by atoms with Crippen LogP contribution in [0.25, 0.3) is 0 Å². The molecule has 37 heavy (non-hydrogen) atoms. The van der Waals surface area contributed by atoms with Crippen LogP contribution in [0.5, 0.6) is 0 Å². The summed E-state index contributed by atoms with van der Waals surface area (Å²) in [4.78, 5) is 41.9. The number of nitrogens with one attached hydrogen (secondary N) is 3. The van der Waals surface area contributed by atoms with Crippen molar-refractivity contribution in [2.45, 2.75) is 57.9 Å². The Morgan fingerprint density at radius 1 is 1.11 bits per heavy atom. The fourth-order valence-corrected chi connectivity index (χ4v) is 4.41. The number of hydrogen-bond donors (Lipinski definition) is 4. The van der Waals surface area contributed by atoms with Crippen molar-refractivity contribution in [1.82, 2.24) is 15.2 Å². The molecular formula is C24H34N6O6S. The number of oxime groups is 1. The quantitative estimate of drug-likeness (QED) is 0.130. The minimum absolute atomic E-state index is 0.0242. The number of carbonyl (C=O) groups excluding carboxylic acids is 2. The predicted molar refractivity (Wildman–Crippen MR) is 140 cm³/mol. The zero-order valence-electron chi connectivity index (χ0n) is 21.2. The molecule has 0 aliphatic rings. The minimum atomic E-state index is -3.99. The van der Waals surface area contributed by atoms with Crippen LogP contribution in [-0.4, -0.2) is 43.9 Å². The molecule has 13 heteroatoms. The maximum atomic E-state index is 12.9. The molecule has 0 radical (unpaired) electrons. The molecule has 0 spiro atoms. The van der Waals surface area contributed by atoms with Gasteiger partial charge in [0.15, 0.2) is 0 Å². The fourth-order valence-electron chi connectivity index (χ4n) is 3.25. The van der Waals surface area contributed by atoms with E-state index in [-0.39, 0.29) is 42.1 Å². The molecule has 1 aromatic carbocycles. The van der Waals surface area contributed by atoms with Gasteiger partial charge in [0.05, 0.1) is 11.4 Å². The van der Waals surface area contributed by atoms with E-state index in [0.29, 0.717) is 12.1 Å². The van der Waals surface area contributed by atoms with Crippen molar-refractivity contribution in [2.24, 2.45) is 10.9 Å². The summed E-state index contributed by atoms with van der Waals surface area (Å²) in [5, 5.41) is 8.55. The predicted octanol–water partition coefficient (Wildman–Crippen LogP) is 1.32. The Balaban J connectivity index is 1.90. The van der Waals surface area contributed by atoms with Gasteiger partial charge in [-0.3, -0.25) is 24.4 Å². The fraction of sp³-hybridized carbons (Fsp3) is 0.417. The summed E-state index contributed by atoms with van der Waals surface area (Å²) >= 11 is 0. The molecule has 0 aliphatic heterocycles. The van der Waals surface area contributed by atoms with E-state index in [4.69, 9.17) is 10.6 Å². The van der Waals surface area contributed by atoms with E-state index >= 15 is 0 Å². The molecule has 2 aromatic rings. The summed E-state index contributed by atoms with van der Waals surface area (Å²) in [5.41, 5.74) is 5.97. The highest BCUT2D eigenvalue weighted by Crippen LogP contribution is 2.15.